The Morgan fingerprint density at radius 2 is 2.00 bits per heavy atom. The number of hydrogen-bond donors (Lipinski definition) is 2. The van der Waals surface area contributed by atoms with Crippen molar-refractivity contribution in [3.8, 4) is 5.75 Å². The summed E-state index contributed by atoms with van der Waals surface area (Å²) >= 11 is 0. The quantitative estimate of drug-likeness (QED) is 0.851. The van der Waals surface area contributed by atoms with Crippen LogP contribution in [0.3, 0.4) is 0 Å². The molecule has 0 radical (unpaired) electrons. The van der Waals surface area contributed by atoms with E-state index in [-0.39, 0.29) is 12.5 Å². The van der Waals surface area contributed by atoms with E-state index in [1.54, 1.807) is 18.2 Å². The van der Waals surface area contributed by atoms with Gasteiger partial charge < -0.3 is 20.1 Å². The second-order valence-electron chi connectivity index (χ2n) is 3.55. The molecular formula is C12H16N2O4. The molecule has 98 valence electrons. The van der Waals surface area contributed by atoms with Crippen molar-refractivity contribution in [3.63, 3.8) is 0 Å². The van der Waals surface area contributed by atoms with Crippen molar-refractivity contribution in [1.29, 1.82) is 0 Å². The summed E-state index contributed by atoms with van der Waals surface area (Å²) in [5.74, 6) is 0.465. The molecule has 0 fully saturated rings. The summed E-state index contributed by atoms with van der Waals surface area (Å²) in [5.41, 5.74) is 1.39. The number of amides is 2. The van der Waals surface area contributed by atoms with Crippen molar-refractivity contribution in [3.05, 3.63) is 23.8 Å². The summed E-state index contributed by atoms with van der Waals surface area (Å²) < 4.78 is 9.65. The third-order valence-electron chi connectivity index (χ3n) is 2.21. The molecule has 0 aliphatic rings. The SMILES string of the molecule is COC(=O)NCc1cc(NC(C)=O)ccc1OC. The van der Waals surface area contributed by atoms with E-state index in [9.17, 15) is 9.59 Å². The normalized spacial score (nSPS) is 9.50. The Morgan fingerprint density at radius 1 is 1.28 bits per heavy atom. The molecule has 0 spiro atoms. The van der Waals surface area contributed by atoms with Gasteiger partial charge in [-0.25, -0.2) is 4.79 Å². The van der Waals surface area contributed by atoms with Crippen LogP contribution in [0.2, 0.25) is 0 Å². The Kier molecular flexibility index (Phi) is 4.98. The largest absolute Gasteiger partial charge is 0.496 e. The van der Waals surface area contributed by atoms with E-state index >= 15 is 0 Å². The van der Waals surface area contributed by atoms with Gasteiger partial charge >= 0.3 is 6.09 Å². The number of benzene rings is 1. The topological polar surface area (TPSA) is 76.7 Å². The molecule has 0 bridgehead atoms. The minimum absolute atomic E-state index is 0.160. The van der Waals surface area contributed by atoms with Gasteiger partial charge in [0.25, 0.3) is 0 Å². The first-order valence-electron chi connectivity index (χ1n) is 5.33. The third kappa shape index (κ3) is 3.97. The molecule has 0 saturated carbocycles. The van der Waals surface area contributed by atoms with Gasteiger partial charge in [0.05, 0.1) is 14.2 Å². The lowest BCUT2D eigenvalue weighted by Gasteiger charge is -2.11. The number of hydrogen-bond acceptors (Lipinski definition) is 4. The van der Waals surface area contributed by atoms with Gasteiger partial charge in [-0.15, -0.1) is 0 Å². The molecule has 0 unspecified atom stereocenters. The number of methoxy groups -OCH3 is 2. The maximum absolute atomic E-state index is 11.0. The average molecular weight is 252 g/mol. The van der Waals surface area contributed by atoms with Crippen molar-refractivity contribution in [1.82, 2.24) is 5.32 Å². The molecule has 2 amide bonds. The lowest BCUT2D eigenvalue weighted by atomic mass is 10.1. The first-order valence-corrected chi connectivity index (χ1v) is 5.33. The van der Waals surface area contributed by atoms with Gasteiger partial charge in [0.2, 0.25) is 5.91 Å². The van der Waals surface area contributed by atoms with Gasteiger partial charge in [-0.2, -0.15) is 0 Å². The maximum Gasteiger partial charge on any atom is 0.407 e. The van der Waals surface area contributed by atoms with Crippen molar-refractivity contribution >= 4 is 17.7 Å². The highest BCUT2D eigenvalue weighted by Crippen LogP contribution is 2.22. The van der Waals surface area contributed by atoms with E-state index in [1.807, 2.05) is 0 Å². The molecule has 1 aromatic carbocycles. The summed E-state index contributed by atoms with van der Waals surface area (Å²) in [4.78, 5) is 22.0. The standard InChI is InChI=1S/C12H16N2O4/c1-8(15)14-10-4-5-11(17-2)9(6-10)7-13-12(16)18-3/h4-6H,7H2,1-3H3,(H,13,16)(H,14,15). The van der Waals surface area contributed by atoms with Gasteiger partial charge in [-0.05, 0) is 18.2 Å². The van der Waals surface area contributed by atoms with E-state index in [0.29, 0.717) is 11.4 Å². The summed E-state index contributed by atoms with van der Waals surface area (Å²) in [6.45, 7) is 1.68. The van der Waals surface area contributed by atoms with Crippen LogP contribution in [0.1, 0.15) is 12.5 Å². The Hall–Kier alpha value is -2.24. The fraction of sp³-hybridized carbons (Fsp3) is 0.333. The summed E-state index contributed by atoms with van der Waals surface area (Å²) in [6.07, 6.45) is -0.526. The average Bonchev–Trinajstić information content (AvgIpc) is 2.35. The minimum atomic E-state index is -0.526. The highest BCUT2D eigenvalue weighted by molar-refractivity contribution is 5.88. The maximum atomic E-state index is 11.0. The van der Waals surface area contributed by atoms with E-state index in [1.165, 1.54) is 21.1 Å². The number of rotatable bonds is 4. The first kappa shape index (κ1) is 13.8. The zero-order chi connectivity index (χ0) is 13.5. The Labute approximate surface area is 105 Å². The van der Waals surface area contributed by atoms with Gasteiger partial charge in [0.1, 0.15) is 5.75 Å². The number of nitrogens with one attached hydrogen (secondary N) is 2. The summed E-state index contributed by atoms with van der Waals surface area (Å²) in [6, 6.07) is 5.18. The van der Waals surface area contributed by atoms with E-state index in [4.69, 9.17) is 4.74 Å². The fourth-order valence-electron chi connectivity index (χ4n) is 1.44. The van der Waals surface area contributed by atoms with Crippen molar-refractivity contribution < 1.29 is 19.1 Å². The zero-order valence-electron chi connectivity index (χ0n) is 10.6. The van der Waals surface area contributed by atoms with Crippen LogP contribution >= 0.6 is 0 Å². The van der Waals surface area contributed by atoms with Crippen LogP contribution in [0.15, 0.2) is 18.2 Å². The first-order chi connectivity index (χ1) is 8.56. The van der Waals surface area contributed by atoms with Crippen molar-refractivity contribution in [2.24, 2.45) is 0 Å². The van der Waals surface area contributed by atoms with Crippen LogP contribution in [0.25, 0.3) is 0 Å². The lowest BCUT2D eigenvalue weighted by molar-refractivity contribution is -0.114. The molecule has 0 heterocycles. The number of carbonyl (C=O) groups is 2. The van der Waals surface area contributed by atoms with Crippen LogP contribution < -0.4 is 15.4 Å². The molecule has 1 rings (SSSR count). The fourth-order valence-corrected chi connectivity index (χ4v) is 1.44. The number of alkyl carbamates (subject to hydrolysis) is 1. The van der Waals surface area contributed by atoms with Gasteiger partial charge in [0, 0.05) is 24.7 Å². The molecule has 0 saturated heterocycles. The molecule has 18 heavy (non-hydrogen) atoms. The van der Waals surface area contributed by atoms with Crippen LogP contribution in [-0.2, 0) is 16.1 Å². The minimum Gasteiger partial charge on any atom is -0.496 e. The number of carbonyl (C=O) groups excluding carboxylic acids is 2. The molecule has 6 nitrogen and oxygen atoms in total. The Balaban J connectivity index is 2.84. The molecule has 0 atom stereocenters. The number of ether oxygens (including phenoxy) is 2. The third-order valence-corrected chi connectivity index (χ3v) is 2.21. The molecular weight excluding hydrogens is 236 g/mol. The van der Waals surface area contributed by atoms with Crippen LogP contribution in [0, 0.1) is 0 Å². The Bertz CT molecular complexity index is 446. The molecule has 0 aromatic heterocycles. The highest BCUT2D eigenvalue weighted by atomic mass is 16.5. The lowest BCUT2D eigenvalue weighted by Crippen LogP contribution is -2.22. The van der Waals surface area contributed by atoms with Crippen LogP contribution in [-0.4, -0.2) is 26.2 Å². The van der Waals surface area contributed by atoms with Crippen LogP contribution in [0.4, 0.5) is 10.5 Å². The molecule has 0 aliphatic carbocycles. The number of anilines is 1. The van der Waals surface area contributed by atoms with Crippen molar-refractivity contribution in [2.45, 2.75) is 13.5 Å². The van der Waals surface area contributed by atoms with Gasteiger partial charge in [-0.3, -0.25) is 4.79 Å². The molecule has 2 N–H and O–H groups in total. The van der Waals surface area contributed by atoms with E-state index in [0.717, 1.165) is 5.56 Å². The van der Waals surface area contributed by atoms with E-state index < -0.39 is 6.09 Å². The van der Waals surface area contributed by atoms with Crippen molar-refractivity contribution in [2.75, 3.05) is 19.5 Å². The van der Waals surface area contributed by atoms with E-state index in [2.05, 4.69) is 15.4 Å². The Morgan fingerprint density at radius 3 is 2.56 bits per heavy atom. The smallest absolute Gasteiger partial charge is 0.407 e. The highest BCUT2D eigenvalue weighted by Gasteiger charge is 2.07. The molecule has 1 aromatic rings. The second kappa shape index (κ2) is 6.48. The zero-order valence-corrected chi connectivity index (χ0v) is 10.6. The molecule has 0 aliphatic heterocycles. The monoisotopic (exact) mass is 252 g/mol. The van der Waals surface area contributed by atoms with Crippen LogP contribution in [0.5, 0.6) is 5.75 Å². The second-order valence-corrected chi connectivity index (χ2v) is 3.55. The van der Waals surface area contributed by atoms with Gasteiger partial charge in [0.15, 0.2) is 0 Å². The summed E-state index contributed by atoms with van der Waals surface area (Å²) in [7, 11) is 2.83. The molecule has 6 heteroatoms. The summed E-state index contributed by atoms with van der Waals surface area (Å²) in [5, 5.41) is 5.21. The van der Waals surface area contributed by atoms with Gasteiger partial charge in [-0.1, -0.05) is 0 Å². The predicted octanol–water partition coefficient (Wildman–Crippen LogP) is 1.51. The predicted molar refractivity (Wildman–Crippen MR) is 66.5 cm³/mol.